The zero-order valence-electron chi connectivity index (χ0n) is 15.5. The molecule has 134 valence electrons. The number of aromatic nitrogens is 1. The fraction of sp³-hybridized carbons (Fsp3) is 0.474. The van der Waals surface area contributed by atoms with Gasteiger partial charge in [0.1, 0.15) is 5.60 Å². The second kappa shape index (κ2) is 6.10. The Labute approximate surface area is 147 Å². The molecular formula is C19H25N3O3. The maximum absolute atomic E-state index is 12.5. The summed E-state index contributed by atoms with van der Waals surface area (Å²) < 4.78 is 7.18. The number of nitrogens with zero attached hydrogens (tertiary/aromatic N) is 2. The zero-order valence-corrected chi connectivity index (χ0v) is 15.5. The van der Waals surface area contributed by atoms with E-state index in [4.69, 9.17) is 4.74 Å². The Morgan fingerprint density at radius 1 is 1.24 bits per heavy atom. The van der Waals surface area contributed by atoms with Crippen LogP contribution in [-0.2, 0) is 17.7 Å². The summed E-state index contributed by atoms with van der Waals surface area (Å²) in [6.45, 7) is 8.56. The Balaban J connectivity index is 2.07. The van der Waals surface area contributed by atoms with Gasteiger partial charge in [-0.1, -0.05) is 12.1 Å². The van der Waals surface area contributed by atoms with Crippen LogP contribution in [0.15, 0.2) is 18.2 Å². The van der Waals surface area contributed by atoms with Crippen molar-refractivity contribution in [3.05, 3.63) is 35.0 Å². The number of aryl methyl sites for hydroxylation is 1. The van der Waals surface area contributed by atoms with E-state index in [1.54, 1.807) is 16.5 Å². The molecule has 25 heavy (non-hydrogen) atoms. The molecule has 0 atom stereocenters. The number of hydrogen-bond acceptors (Lipinski definition) is 3. The highest BCUT2D eigenvalue weighted by atomic mass is 16.6. The van der Waals surface area contributed by atoms with Gasteiger partial charge in [-0.15, -0.1) is 0 Å². The average molecular weight is 343 g/mol. The van der Waals surface area contributed by atoms with Crippen molar-refractivity contribution in [2.75, 3.05) is 13.6 Å². The van der Waals surface area contributed by atoms with E-state index in [1.807, 2.05) is 32.9 Å². The van der Waals surface area contributed by atoms with Gasteiger partial charge in [-0.25, -0.2) is 9.59 Å². The molecule has 0 saturated carbocycles. The average Bonchev–Trinajstić information content (AvgIpc) is 2.87. The minimum atomic E-state index is -0.540. The number of amides is 2. The normalized spacial score (nSPS) is 14.4. The summed E-state index contributed by atoms with van der Waals surface area (Å²) in [6, 6.07) is 5.77. The van der Waals surface area contributed by atoms with E-state index in [-0.39, 0.29) is 12.1 Å². The minimum Gasteiger partial charge on any atom is -0.444 e. The zero-order chi connectivity index (χ0) is 18.4. The SMILES string of the molecule is CNC(=O)n1c2c(c3c(C)cccc31)CCN(C(=O)OC(C)(C)C)C2. The smallest absolute Gasteiger partial charge is 0.410 e. The van der Waals surface area contributed by atoms with Crippen molar-refractivity contribution < 1.29 is 14.3 Å². The molecule has 0 spiro atoms. The van der Waals surface area contributed by atoms with Crippen LogP contribution in [0, 0.1) is 6.92 Å². The standard InChI is InChI=1S/C19H25N3O3/c1-12-7-6-8-14-16(12)13-9-10-21(18(24)25-19(2,3)4)11-15(13)22(14)17(23)20-5/h6-8H,9-11H2,1-5H3,(H,20,23). The number of benzene rings is 1. The van der Waals surface area contributed by atoms with Gasteiger partial charge in [-0.2, -0.15) is 0 Å². The van der Waals surface area contributed by atoms with E-state index < -0.39 is 5.60 Å². The Kier molecular flexibility index (Phi) is 4.22. The predicted octanol–water partition coefficient (Wildman–Crippen LogP) is 3.43. The van der Waals surface area contributed by atoms with Crippen molar-refractivity contribution in [3.8, 4) is 0 Å². The van der Waals surface area contributed by atoms with Crippen LogP contribution in [0.4, 0.5) is 9.59 Å². The summed E-state index contributed by atoms with van der Waals surface area (Å²) in [5.41, 5.74) is 3.50. The molecule has 2 aromatic rings. The highest BCUT2D eigenvalue weighted by Crippen LogP contribution is 2.33. The molecule has 1 aliphatic heterocycles. The Bertz CT molecular complexity index is 846. The van der Waals surface area contributed by atoms with Crippen LogP contribution in [0.1, 0.15) is 37.6 Å². The van der Waals surface area contributed by atoms with Gasteiger partial charge in [0.25, 0.3) is 0 Å². The van der Waals surface area contributed by atoms with Crippen molar-refractivity contribution in [3.63, 3.8) is 0 Å². The van der Waals surface area contributed by atoms with Gasteiger partial charge in [0, 0.05) is 19.0 Å². The minimum absolute atomic E-state index is 0.192. The fourth-order valence-electron chi connectivity index (χ4n) is 3.42. The van der Waals surface area contributed by atoms with Crippen molar-refractivity contribution in [1.29, 1.82) is 0 Å². The number of rotatable bonds is 0. The summed E-state index contributed by atoms with van der Waals surface area (Å²) in [5, 5.41) is 3.82. The topological polar surface area (TPSA) is 63.6 Å². The molecule has 3 rings (SSSR count). The third kappa shape index (κ3) is 3.08. The number of ether oxygens (including phenoxy) is 1. The predicted molar refractivity (Wildman–Crippen MR) is 96.9 cm³/mol. The molecule has 0 fully saturated rings. The van der Waals surface area contributed by atoms with E-state index in [0.717, 1.165) is 27.7 Å². The molecule has 6 heteroatoms. The van der Waals surface area contributed by atoms with Gasteiger partial charge in [0.05, 0.1) is 17.8 Å². The second-order valence-corrected chi connectivity index (χ2v) is 7.44. The fourth-order valence-corrected chi connectivity index (χ4v) is 3.42. The van der Waals surface area contributed by atoms with Gasteiger partial charge in [-0.3, -0.25) is 4.57 Å². The van der Waals surface area contributed by atoms with Crippen LogP contribution < -0.4 is 5.32 Å². The molecule has 0 radical (unpaired) electrons. The Morgan fingerprint density at radius 2 is 1.96 bits per heavy atom. The molecular weight excluding hydrogens is 318 g/mol. The van der Waals surface area contributed by atoms with Crippen LogP contribution in [0.25, 0.3) is 10.9 Å². The summed E-state index contributed by atoms with van der Waals surface area (Å²) in [6.07, 6.45) is 0.364. The molecule has 0 unspecified atom stereocenters. The lowest BCUT2D eigenvalue weighted by Crippen LogP contribution is -2.41. The molecule has 2 amide bonds. The van der Waals surface area contributed by atoms with E-state index in [0.29, 0.717) is 19.5 Å². The van der Waals surface area contributed by atoms with E-state index >= 15 is 0 Å². The van der Waals surface area contributed by atoms with Crippen molar-refractivity contribution in [2.24, 2.45) is 0 Å². The van der Waals surface area contributed by atoms with E-state index in [1.165, 1.54) is 0 Å². The van der Waals surface area contributed by atoms with Gasteiger partial charge >= 0.3 is 12.1 Å². The third-order valence-electron chi connectivity index (χ3n) is 4.45. The number of fused-ring (bicyclic) bond motifs is 3. The van der Waals surface area contributed by atoms with Crippen molar-refractivity contribution >= 4 is 23.0 Å². The number of nitrogens with one attached hydrogen (secondary N) is 1. The van der Waals surface area contributed by atoms with Crippen molar-refractivity contribution in [2.45, 2.75) is 46.3 Å². The second-order valence-electron chi connectivity index (χ2n) is 7.44. The summed E-state index contributed by atoms with van der Waals surface area (Å²) in [4.78, 5) is 26.6. The number of carbonyl (C=O) groups is 2. The van der Waals surface area contributed by atoms with Gasteiger partial charge in [0.2, 0.25) is 0 Å². The molecule has 1 aromatic heterocycles. The van der Waals surface area contributed by atoms with Crippen molar-refractivity contribution in [1.82, 2.24) is 14.8 Å². The first-order chi connectivity index (χ1) is 11.7. The number of hydrogen-bond donors (Lipinski definition) is 1. The molecule has 1 N–H and O–H groups in total. The monoisotopic (exact) mass is 343 g/mol. The molecule has 0 aliphatic carbocycles. The van der Waals surface area contributed by atoms with Crippen LogP contribution >= 0.6 is 0 Å². The third-order valence-corrected chi connectivity index (χ3v) is 4.45. The van der Waals surface area contributed by atoms with Gasteiger partial charge in [0.15, 0.2) is 0 Å². The first kappa shape index (κ1) is 17.3. The first-order valence-corrected chi connectivity index (χ1v) is 8.54. The van der Waals surface area contributed by atoms with Gasteiger partial charge in [-0.05, 0) is 51.3 Å². The Morgan fingerprint density at radius 3 is 2.60 bits per heavy atom. The number of carbonyl (C=O) groups excluding carboxylic acids is 2. The maximum atomic E-state index is 12.5. The van der Waals surface area contributed by atoms with E-state index in [2.05, 4.69) is 18.3 Å². The van der Waals surface area contributed by atoms with Crippen LogP contribution in [0.2, 0.25) is 0 Å². The quantitative estimate of drug-likeness (QED) is 0.797. The molecule has 1 aromatic carbocycles. The lowest BCUT2D eigenvalue weighted by atomic mass is 10.0. The largest absolute Gasteiger partial charge is 0.444 e. The summed E-state index contributed by atoms with van der Waals surface area (Å²) in [7, 11) is 1.62. The summed E-state index contributed by atoms with van der Waals surface area (Å²) in [5.74, 6) is 0. The van der Waals surface area contributed by atoms with Crippen LogP contribution in [-0.4, -0.2) is 40.8 Å². The van der Waals surface area contributed by atoms with E-state index in [9.17, 15) is 9.59 Å². The molecule has 0 saturated heterocycles. The molecule has 6 nitrogen and oxygen atoms in total. The van der Waals surface area contributed by atoms with Crippen LogP contribution in [0.3, 0.4) is 0 Å². The molecule has 1 aliphatic rings. The highest BCUT2D eigenvalue weighted by molar-refractivity contribution is 5.97. The highest BCUT2D eigenvalue weighted by Gasteiger charge is 2.31. The van der Waals surface area contributed by atoms with Crippen LogP contribution in [0.5, 0.6) is 0 Å². The lowest BCUT2D eigenvalue weighted by molar-refractivity contribution is 0.0220. The summed E-state index contributed by atoms with van der Waals surface area (Å²) >= 11 is 0. The maximum Gasteiger partial charge on any atom is 0.410 e. The van der Waals surface area contributed by atoms with Gasteiger partial charge < -0.3 is 15.0 Å². The first-order valence-electron chi connectivity index (χ1n) is 8.54. The molecule has 2 heterocycles. The lowest BCUT2D eigenvalue weighted by Gasteiger charge is -2.30. The molecule has 0 bridgehead atoms. The Hall–Kier alpha value is -2.50.